The van der Waals surface area contributed by atoms with Crippen LogP contribution in [-0.2, 0) is 11.3 Å². The van der Waals surface area contributed by atoms with Crippen LogP contribution >= 0.6 is 0 Å². The lowest BCUT2D eigenvalue weighted by Crippen LogP contribution is -2.05. The molecule has 0 fully saturated rings. The number of rotatable bonds is 2. The van der Waals surface area contributed by atoms with Crippen molar-refractivity contribution in [3.05, 3.63) is 34.9 Å². The van der Waals surface area contributed by atoms with E-state index in [-0.39, 0.29) is 18.0 Å². The summed E-state index contributed by atoms with van der Waals surface area (Å²) in [5.74, 6) is -0.779. The van der Waals surface area contributed by atoms with Crippen molar-refractivity contribution in [2.24, 2.45) is 0 Å². The highest BCUT2D eigenvalue weighted by molar-refractivity contribution is 5.95. The first-order valence-corrected chi connectivity index (χ1v) is 5.74. The molecule has 1 aliphatic rings. The average Bonchev–Trinajstić information content (AvgIpc) is 2.83. The number of benzene rings is 1. The van der Waals surface area contributed by atoms with Crippen LogP contribution in [0.1, 0.15) is 27.6 Å². The van der Waals surface area contributed by atoms with Gasteiger partial charge in [0.25, 0.3) is 0 Å². The number of pyridine rings is 1. The van der Waals surface area contributed by atoms with Gasteiger partial charge < -0.3 is 15.6 Å². The largest absolute Gasteiger partial charge is 0.478 e. The zero-order valence-corrected chi connectivity index (χ0v) is 9.89. The maximum atomic E-state index is 12.9. The van der Waals surface area contributed by atoms with Crippen LogP contribution in [0, 0.1) is 0 Å². The lowest BCUT2D eigenvalue weighted by molar-refractivity contribution is 0.0483. The van der Waals surface area contributed by atoms with Crippen molar-refractivity contribution in [3.63, 3.8) is 0 Å². The van der Waals surface area contributed by atoms with E-state index in [4.69, 9.17) is 15.6 Å². The molecule has 1 aromatic carbocycles. The third kappa shape index (κ3) is 1.72. The van der Waals surface area contributed by atoms with Gasteiger partial charge in [-0.25, -0.2) is 14.2 Å². The molecule has 0 bridgehead atoms. The summed E-state index contributed by atoms with van der Waals surface area (Å²) in [6.45, 7) is -0.459. The molecule has 0 aliphatic carbocycles. The zero-order valence-electron chi connectivity index (χ0n) is 9.89. The van der Waals surface area contributed by atoms with Crippen LogP contribution in [0.5, 0.6) is 0 Å². The number of halogens is 1. The van der Waals surface area contributed by atoms with Crippen LogP contribution in [-0.4, -0.2) is 22.7 Å². The number of ether oxygens (including phenoxy) is 1. The molecule has 0 amide bonds. The molecule has 2 aromatic rings. The predicted molar refractivity (Wildman–Crippen MR) is 66.6 cm³/mol. The van der Waals surface area contributed by atoms with E-state index >= 15 is 0 Å². The van der Waals surface area contributed by atoms with E-state index in [9.17, 15) is 9.18 Å². The molecule has 0 saturated heterocycles. The summed E-state index contributed by atoms with van der Waals surface area (Å²) in [7, 11) is 0. The van der Waals surface area contributed by atoms with Crippen molar-refractivity contribution < 1.29 is 19.0 Å². The van der Waals surface area contributed by atoms with Crippen molar-refractivity contribution in [3.8, 4) is 0 Å². The summed E-state index contributed by atoms with van der Waals surface area (Å²) in [5, 5.41) is 9.66. The fourth-order valence-electron chi connectivity index (χ4n) is 2.40. The lowest BCUT2D eigenvalue weighted by atomic mass is 10.0. The second-order valence-electron chi connectivity index (χ2n) is 4.38. The topological polar surface area (TPSA) is 85.4 Å². The average molecular weight is 262 g/mol. The highest BCUT2D eigenvalue weighted by Gasteiger charge is 2.28. The molecule has 1 atom stereocenters. The summed E-state index contributed by atoms with van der Waals surface area (Å²) < 4.78 is 18.2. The Kier molecular flexibility index (Phi) is 2.60. The van der Waals surface area contributed by atoms with Gasteiger partial charge in [0.05, 0.1) is 17.7 Å². The summed E-state index contributed by atoms with van der Waals surface area (Å²) in [5.41, 5.74) is 7.84. The van der Waals surface area contributed by atoms with Gasteiger partial charge >= 0.3 is 5.97 Å². The van der Waals surface area contributed by atoms with E-state index in [1.54, 1.807) is 6.07 Å². The Bertz CT molecular complexity index is 687. The number of anilines is 1. The van der Waals surface area contributed by atoms with E-state index in [2.05, 4.69) is 4.98 Å². The van der Waals surface area contributed by atoms with Crippen LogP contribution in [0.2, 0.25) is 0 Å². The molecule has 1 aliphatic heterocycles. The third-order valence-corrected chi connectivity index (χ3v) is 3.30. The van der Waals surface area contributed by atoms with Crippen molar-refractivity contribution in [2.45, 2.75) is 12.7 Å². The number of nitrogen functional groups attached to an aromatic ring is 1. The second kappa shape index (κ2) is 4.17. The number of aromatic carboxylic acids is 1. The first kappa shape index (κ1) is 11.9. The van der Waals surface area contributed by atoms with E-state index in [1.165, 1.54) is 12.1 Å². The number of carboxylic acids is 1. The zero-order chi connectivity index (χ0) is 13.6. The molecule has 98 valence electrons. The molecule has 0 spiro atoms. The number of fused-ring (bicyclic) bond motifs is 3. The van der Waals surface area contributed by atoms with Gasteiger partial charge in [0.15, 0.2) is 0 Å². The van der Waals surface area contributed by atoms with Crippen LogP contribution in [0.4, 0.5) is 10.2 Å². The number of carboxylic acid groups (broad SMARTS) is 1. The van der Waals surface area contributed by atoms with Gasteiger partial charge in [-0.05, 0) is 23.8 Å². The highest BCUT2D eigenvalue weighted by Crippen LogP contribution is 2.38. The van der Waals surface area contributed by atoms with Crippen molar-refractivity contribution >= 4 is 22.7 Å². The van der Waals surface area contributed by atoms with Crippen molar-refractivity contribution in [2.75, 3.05) is 12.4 Å². The van der Waals surface area contributed by atoms with Crippen LogP contribution in [0.25, 0.3) is 10.9 Å². The first-order chi connectivity index (χ1) is 9.11. The van der Waals surface area contributed by atoms with E-state index in [1.807, 2.05) is 0 Å². The van der Waals surface area contributed by atoms with Gasteiger partial charge in [-0.1, -0.05) is 0 Å². The normalized spacial score (nSPS) is 17.6. The monoisotopic (exact) mass is 262 g/mol. The van der Waals surface area contributed by atoms with Gasteiger partial charge in [-0.2, -0.15) is 0 Å². The Hall–Kier alpha value is -2.21. The van der Waals surface area contributed by atoms with Crippen LogP contribution < -0.4 is 5.73 Å². The fraction of sp³-hybridized carbons (Fsp3) is 0.231. The highest BCUT2D eigenvalue weighted by atomic mass is 19.1. The maximum Gasteiger partial charge on any atom is 0.335 e. The summed E-state index contributed by atoms with van der Waals surface area (Å²) in [6, 6.07) is 4.58. The second-order valence-corrected chi connectivity index (χ2v) is 4.38. The molecule has 5 nitrogen and oxygen atoms in total. The minimum absolute atomic E-state index is 0.157. The summed E-state index contributed by atoms with van der Waals surface area (Å²) in [4.78, 5) is 15.2. The summed E-state index contributed by atoms with van der Waals surface area (Å²) >= 11 is 0. The molecule has 1 unspecified atom stereocenters. The van der Waals surface area contributed by atoms with E-state index < -0.39 is 18.7 Å². The van der Waals surface area contributed by atoms with Gasteiger partial charge in [0.2, 0.25) is 0 Å². The van der Waals surface area contributed by atoms with Gasteiger partial charge in [-0.15, -0.1) is 0 Å². The smallest absolute Gasteiger partial charge is 0.335 e. The van der Waals surface area contributed by atoms with E-state index in [0.717, 1.165) is 5.56 Å². The molecule has 3 rings (SSSR count). The number of carbonyl (C=O) groups is 1. The van der Waals surface area contributed by atoms with Crippen LogP contribution in [0.15, 0.2) is 18.2 Å². The fourth-order valence-corrected chi connectivity index (χ4v) is 2.40. The number of nitrogens with zero attached hydrogens (tertiary/aromatic N) is 1. The van der Waals surface area contributed by atoms with Gasteiger partial charge in [0.1, 0.15) is 18.6 Å². The Morgan fingerprint density at radius 3 is 3.05 bits per heavy atom. The molecular weight excluding hydrogens is 251 g/mol. The molecule has 3 N–H and O–H groups in total. The number of hydrogen-bond acceptors (Lipinski definition) is 4. The molecule has 1 aromatic heterocycles. The number of hydrogen-bond donors (Lipinski definition) is 2. The number of aromatic nitrogens is 1. The van der Waals surface area contributed by atoms with Gasteiger partial charge in [0, 0.05) is 10.9 Å². The molecular formula is C13H11FN2O3. The Balaban J connectivity index is 2.30. The minimum Gasteiger partial charge on any atom is -0.478 e. The first-order valence-electron chi connectivity index (χ1n) is 5.74. The Morgan fingerprint density at radius 2 is 2.37 bits per heavy atom. The lowest BCUT2D eigenvalue weighted by Gasteiger charge is -2.10. The quantitative estimate of drug-likeness (QED) is 0.865. The van der Waals surface area contributed by atoms with E-state index in [0.29, 0.717) is 16.5 Å². The Morgan fingerprint density at radius 1 is 1.58 bits per heavy atom. The van der Waals surface area contributed by atoms with Crippen molar-refractivity contribution in [1.82, 2.24) is 4.98 Å². The number of alkyl halides is 1. The molecule has 19 heavy (non-hydrogen) atoms. The molecule has 0 radical (unpaired) electrons. The van der Waals surface area contributed by atoms with Gasteiger partial charge in [-0.3, -0.25) is 0 Å². The minimum atomic E-state index is -1.02. The van der Waals surface area contributed by atoms with Crippen molar-refractivity contribution in [1.29, 1.82) is 0 Å². The SMILES string of the molecule is Nc1nc2ccc(C(=O)O)cc2c2c1C(CF)OC2. The molecule has 2 heterocycles. The number of nitrogens with two attached hydrogens (primary N) is 1. The molecule has 6 heteroatoms. The molecule has 0 saturated carbocycles. The summed E-state index contributed by atoms with van der Waals surface area (Å²) in [6.07, 6.45) is -0.708. The standard InChI is InChI=1S/C13H11FN2O3/c14-4-10-11-8(5-19-10)7-3-6(13(17)18)1-2-9(7)16-12(11)15/h1-3,10H,4-5H2,(H2,15,16)(H,17,18). The third-order valence-electron chi connectivity index (χ3n) is 3.30. The maximum absolute atomic E-state index is 12.9. The van der Waals surface area contributed by atoms with Crippen LogP contribution in [0.3, 0.4) is 0 Å². The Labute approximate surface area is 107 Å². The predicted octanol–water partition coefficient (Wildman–Crippen LogP) is 2.06.